The van der Waals surface area contributed by atoms with Crippen LogP contribution in [0.3, 0.4) is 0 Å². The third-order valence-electron chi connectivity index (χ3n) is 4.52. The number of fused-ring (bicyclic) bond motifs is 1. The molecule has 3 aromatic rings. The van der Waals surface area contributed by atoms with Gasteiger partial charge in [0.25, 0.3) is 5.56 Å². The van der Waals surface area contributed by atoms with E-state index in [1.807, 2.05) is 0 Å². The SMILES string of the molecule is COC(=O)c1sc2ncn(CC(=O)Nc3ccc(S(=O)(=O)N(C)C)cc3)c(=O)c2c1C. The second kappa shape index (κ2) is 8.57. The highest BCUT2D eigenvalue weighted by atomic mass is 32.2. The normalized spacial score (nSPS) is 11.6. The second-order valence-electron chi connectivity index (χ2n) is 6.77. The molecule has 0 saturated heterocycles. The number of carbonyl (C=O) groups excluding carboxylic acids is 2. The van der Waals surface area contributed by atoms with E-state index in [1.54, 1.807) is 6.92 Å². The molecule has 0 unspecified atom stereocenters. The van der Waals surface area contributed by atoms with Crippen molar-refractivity contribution in [2.75, 3.05) is 26.5 Å². The number of carbonyl (C=O) groups is 2. The molecule has 0 aliphatic carbocycles. The fourth-order valence-corrected chi connectivity index (χ4v) is 4.79. The van der Waals surface area contributed by atoms with Gasteiger partial charge in [-0.25, -0.2) is 22.5 Å². The number of anilines is 1. The topological polar surface area (TPSA) is 128 Å². The predicted molar refractivity (Wildman–Crippen MR) is 116 cm³/mol. The minimum Gasteiger partial charge on any atom is -0.465 e. The number of thiophene rings is 1. The van der Waals surface area contributed by atoms with Gasteiger partial charge in [-0.15, -0.1) is 11.3 Å². The Hall–Kier alpha value is -3.09. The Kier molecular flexibility index (Phi) is 6.25. The molecule has 0 spiro atoms. The average Bonchev–Trinajstić information content (AvgIpc) is 3.07. The number of nitrogens with one attached hydrogen (secondary N) is 1. The van der Waals surface area contributed by atoms with E-state index >= 15 is 0 Å². The lowest BCUT2D eigenvalue weighted by Gasteiger charge is -2.12. The monoisotopic (exact) mass is 464 g/mol. The van der Waals surface area contributed by atoms with E-state index in [-0.39, 0.29) is 21.7 Å². The smallest absolute Gasteiger partial charge is 0.348 e. The molecular formula is C19H20N4O6S2. The number of hydrogen-bond acceptors (Lipinski definition) is 8. The van der Waals surface area contributed by atoms with Crippen molar-refractivity contribution >= 4 is 49.1 Å². The van der Waals surface area contributed by atoms with E-state index in [9.17, 15) is 22.8 Å². The number of benzene rings is 1. The van der Waals surface area contributed by atoms with Gasteiger partial charge >= 0.3 is 5.97 Å². The van der Waals surface area contributed by atoms with Crippen LogP contribution in [-0.2, 0) is 26.1 Å². The Balaban J connectivity index is 1.81. The summed E-state index contributed by atoms with van der Waals surface area (Å²) in [4.78, 5) is 42.0. The van der Waals surface area contributed by atoms with Gasteiger partial charge in [-0.3, -0.25) is 14.2 Å². The molecule has 0 fully saturated rings. The Morgan fingerprint density at radius 1 is 1.23 bits per heavy atom. The zero-order valence-electron chi connectivity index (χ0n) is 17.2. The van der Waals surface area contributed by atoms with Gasteiger partial charge in [0.1, 0.15) is 16.3 Å². The summed E-state index contributed by atoms with van der Waals surface area (Å²) in [6, 6.07) is 5.69. The van der Waals surface area contributed by atoms with Crippen LogP contribution in [0.15, 0.2) is 40.3 Å². The summed E-state index contributed by atoms with van der Waals surface area (Å²) >= 11 is 1.05. The Labute approximate surface area is 182 Å². The Morgan fingerprint density at radius 3 is 2.45 bits per heavy atom. The lowest BCUT2D eigenvalue weighted by molar-refractivity contribution is -0.116. The van der Waals surface area contributed by atoms with Crippen molar-refractivity contribution in [3.05, 3.63) is 51.4 Å². The van der Waals surface area contributed by atoms with Crippen molar-refractivity contribution in [3.63, 3.8) is 0 Å². The molecule has 0 aliphatic heterocycles. The first-order valence-electron chi connectivity index (χ1n) is 8.95. The number of ether oxygens (including phenoxy) is 1. The van der Waals surface area contributed by atoms with Crippen LogP contribution < -0.4 is 10.9 Å². The summed E-state index contributed by atoms with van der Waals surface area (Å²) in [6.07, 6.45) is 1.24. The van der Waals surface area contributed by atoms with Gasteiger partial charge in [-0.05, 0) is 36.8 Å². The molecule has 3 rings (SSSR count). The molecule has 12 heteroatoms. The fraction of sp³-hybridized carbons (Fsp3) is 0.263. The van der Waals surface area contributed by atoms with Gasteiger partial charge in [-0.2, -0.15) is 0 Å². The molecule has 0 atom stereocenters. The Morgan fingerprint density at radius 2 is 1.87 bits per heavy atom. The van der Waals surface area contributed by atoms with Gasteiger partial charge in [0, 0.05) is 19.8 Å². The molecule has 164 valence electrons. The van der Waals surface area contributed by atoms with Crippen LogP contribution in [0.1, 0.15) is 15.2 Å². The largest absolute Gasteiger partial charge is 0.465 e. The lowest BCUT2D eigenvalue weighted by atomic mass is 10.2. The molecule has 10 nitrogen and oxygen atoms in total. The summed E-state index contributed by atoms with van der Waals surface area (Å²) in [7, 11) is 0.537. The van der Waals surface area contributed by atoms with Crippen molar-refractivity contribution < 1.29 is 22.7 Å². The highest BCUT2D eigenvalue weighted by Gasteiger charge is 2.21. The first-order chi connectivity index (χ1) is 14.6. The number of esters is 1. The molecule has 2 aromatic heterocycles. The molecule has 0 aliphatic rings. The first kappa shape index (κ1) is 22.6. The molecule has 0 bridgehead atoms. The number of aryl methyl sites for hydroxylation is 1. The van der Waals surface area contributed by atoms with Crippen LogP contribution in [0, 0.1) is 6.92 Å². The van der Waals surface area contributed by atoms with Gasteiger partial charge in [0.2, 0.25) is 15.9 Å². The van der Waals surface area contributed by atoms with Crippen LogP contribution in [0.4, 0.5) is 5.69 Å². The number of hydrogen-bond donors (Lipinski definition) is 1. The minimum atomic E-state index is -3.57. The molecule has 31 heavy (non-hydrogen) atoms. The molecule has 2 heterocycles. The molecule has 1 N–H and O–H groups in total. The summed E-state index contributed by atoms with van der Waals surface area (Å²) in [5.74, 6) is -1.04. The second-order valence-corrected chi connectivity index (χ2v) is 9.92. The van der Waals surface area contributed by atoms with Gasteiger partial charge < -0.3 is 10.1 Å². The van der Waals surface area contributed by atoms with E-state index in [1.165, 1.54) is 51.8 Å². The van der Waals surface area contributed by atoms with Gasteiger partial charge in [-0.1, -0.05) is 0 Å². The molecule has 1 aromatic carbocycles. The molecular weight excluding hydrogens is 444 g/mol. The lowest BCUT2D eigenvalue weighted by Crippen LogP contribution is -2.28. The third kappa shape index (κ3) is 4.36. The number of amides is 1. The van der Waals surface area contributed by atoms with Gasteiger partial charge in [0.05, 0.1) is 23.7 Å². The van der Waals surface area contributed by atoms with Crippen LogP contribution in [0.5, 0.6) is 0 Å². The summed E-state index contributed by atoms with van der Waals surface area (Å²) in [5, 5.41) is 2.88. The van der Waals surface area contributed by atoms with Crippen LogP contribution in [0.25, 0.3) is 10.2 Å². The number of rotatable bonds is 6. The van der Waals surface area contributed by atoms with E-state index in [2.05, 4.69) is 10.3 Å². The number of sulfonamides is 1. The van der Waals surface area contributed by atoms with Crippen LogP contribution in [0.2, 0.25) is 0 Å². The van der Waals surface area contributed by atoms with Crippen LogP contribution >= 0.6 is 11.3 Å². The quantitative estimate of drug-likeness (QED) is 0.547. The summed E-state index contributed by atoms with van der Waals surface area (Å²) in [5.41, 5.74) is 0.387. The van der Waals surface area contributed by atoms with E-state index in [0.29, 0.717) is 16.1 Å². The molecule has 0 radical (unpaired) electrons. The van der Waals surface area contributed by atoms with E-state index < -0.39 is 27.5 Å². The van der Waals surface area contributed by atoms with Crippen molar-refractivity contribution in [2.24, 2.45) is 0 Å². The van der Waals surface area contributed by atoms with Crippen molar-refractivity contribution in [1.29, 1.82) is 0 Å². The van der Waals surface area contributed by atoms with E-state index in [4.69, 9.17) is 4.74 Å². The zero-order chi connectivity index (χ0) is 22.9. The predicted octanol–water partition coefficient (Wildman–Crippen LogP) is 1.44. The highest BCUT2D eigenvalue weighted by Crippen LogP contribution is 2.27. The average molecular weight is 465 g/mol. The first-order valence-corrected chi connectivity index (χ1v) is 11.2. The van der Waals surface area contributed by atoms with Crippen molar-refractivity contribution in [1.82, 2.24) is 13.9 Å². The maximum absolute atomic E-state index is 12.8. The fourth-order valence-electron chi connectivity index (χ4n) is 2.84. The summed E-state index contributed by atoms with van der Waals surface area (Å²) < 4.78 is 31.2. The number of methoxy groups -OCH3 is 1. The number of aromatic nitrogens is 2. The van der Waals surface area contributed by atoms with Crippen molar-refractivity contribution in [3.8, 4) is 0 Å². The van der Waals surface area contributed by atoms with Gasteiger partial charge in [0.15, 0.2) is 0 Å². The Bertz CT molecular complexity index is 1320. The summed E-state index contributed by atoms with van der Waals surface area (Å²) in [6.45, 7) is 1.32. The zero-order valence-corrected chi connectivity index (χ0v) is 18.8. The minimum absolute atomic E-state index is 0.0933. The third-order valence-corrected chi connectivity index (χ3v) is 7.53. The maximum Gasteiger partial charge on any atom is 0.348 e. The van der Waals surface area contributed by atoms with Crippen molar-refractivity contribution in [2.45, 2.75) is 18.4 Å². The highest BCUT2D eigenvalue weighted by molar-refractivity contribution is 7.89. The maximum atomic E-state index is 12.8. The number of nitrogens with zero attached hydrogens (tertiary/aromatic N) is 3. The van der Waals surface area contributed by atoms with Crippen LogP contribution in [-0.4, -0.2) is 55.4 Å². The molecule has 1 amide bonds. The molecule has 0 saturated carbocycles. The standard InChI is InChI=1S/C19H20N4O6S2/c1-11-15-17(30-16(11)19(26)29-4)20-10-23(18(15)25)9-14(24)21-12-5-7-13(8-6-12)31(27,28)22(2)3/h5-8,10H,9H2,1-4H3,(H,21,24). The van der Waals surface area contributed by atoms with E-state index in [0.717, 1.165) is 20.2 Å².